The maximum absolute atomic E-state index is 13.7. The van der Waals surface area contributed by atoms with Crippen LogP contribution in [0.5, 0.6) is 5.75 Å². The molecule has 1 aromatic rings. The SMILES string of the molecule is CCNC(=NCc1ccc(OCC)c(F)c1)NCC. The third-order valence-electron chi connectivity index (χ3n) is 2.40. The summed E-state index contributed by atoms with van der Waals surface area (Å²) in [4.78, 5) is 4.38. The Morgan fingerprint density at radius 1 is 1.21 bits per heavy atom. The lowest BCUT2D eigenvalue weighted by Crippen LogP contribution is -2.36. The standard InChI is InChI=1S/C14H22FN3O/c1-4-16-14(17-5-2)18-10-11-7-8-13(19-6-3)12(15)9-11/h7-9H,4-6,10H2,1-3H3,(H2,16,17,18). The molecule has 0 aromatic heterocycles. The average molecular weight is 267 g/mol. The molecule has 0 unspecified atom stereocenters. The predicted molar refractivity (Wildman–Crippen MR) is 76.1 cm³/mol. The number of halogens is 1. The molecule has 0 saturated heterocycles. The van der Waals surface area contributed by atoms with Gasteiger partial charge in [0.25, 0.3) is 0 Å². The number of benzene rings is 1. The highest BCUT2D eigenvalue weighted by molar-refractivity contribution is 5.79. The van der Waals surface area contributed by atoms with Crippen LogP contribution in [0.4, 0.5) is 4.39 Å². The Morgan fingerprint density at radius 3 is 2.42 bits per heavy atom. The number of aliphatic imine (C=N–C) groups is 1. The molecule has 5 heteroatoms. The summed E-state index contributed by atoms with van der Waals surface area (Å²) in [6.45, 7) is 8.31. The Labute approximate surface area is 114 Å². The van der Waals surface area contributed by atoms with E-state index in [1.165, 1.54) is 6.07 Å². The molecule has 0 aliphatic heterocycles. The van der Waals surface area contributed by atoms with Crippen LogP contribution in [0.3, 0.4) is 0 Å². The van der Waals surface area contributed by atoms with Gasteiger partial charge in [-0.1, -0.05) is 6.07 Å². The fourth-order valence-electron chi connectivity index (χ4n) is 1.59. The smallest absolute Gasteiger partial charge is 0.191 e. The number of guanidine groups is 1. The Balaban J connectivity index is 2.70. The van der Waals surface area contributed by atoms with Crippen LogP contribution in [0.25, 0.3) is 0 Å². The van der Waals surface area contributed by atoms with E-state index in [4.69, 9.17) is 4.74 Å². The Bertz CT molecular complexity index is 413. The van der Waals surface area contributed by atoms with Crippen LogP contribution >= 0.6 is 0 Å². The monoisotopic (exact) mass is 267 g/mol. The largest absolute Gasteiger partial charge is 0.491 e. The first-order chi connectivity index (χ1) is 9.21. The molecule has 0 aliphatic rings. The van der Waals surface area contributed by atoms with Crippen LogP contribution in [-0.4, -0.2) is 25.7 Å². The summed E-state index contributed by atoms with van der Waals surface area (Å²) in [5.74, 6) is 0.677. The van der Waals surface area contributed by atoms with Crippen molar-refractivity contribution in [1.82, 2.24) is 10.6 Å². The summed E-state index contributed by atoms with van der Waals surface area (Å²) < 4.78 is 18.8. The van der Waals surface area contributed by atoms with Crippen LogP contribution < -0.4 is 15.4 Å². The molecular weight excluding hydrogens is 245 g/mol. The normalized spacial score (nSPS) is 9.89. The van der Waals surface area contributed by atoms with Crippen molar-refractivity contribution in [3.63, 3.8) is 0 Å². The topological polar surface area (TPSA) is 45.7 Å². The Hall–Kier alpha value is -1.78. The summed E-state index contributed by atoms with van der Waals surface area (Å²) in [7, 11) is 0. The molecule has 0 spiro atoms. The first-order valence-electron chi connectivity index (χ1n) is 6.64. The molecule has 0 radical (unpaired) electrons. The van der Waals surface area contributed by atoms with E-state index in [-0.39, 0.29) is 11.6 Å². The molecule has 106 valence electrons. The predicted octanol–water partition coefficient (Wildman–Crippen LogP) is 2.30. The van der Waals surface area contributed by atoms with Crippen LogP contribution in [-0.2, 0) is 6.54 Å². The summed E-state index contributed by atoms with van der Waals surface area (Å²) in [5.41, 5.74) is 0.814. The van der Waals surface area contributed by atoms with Gasteiger partial charge in [0.2, 0.25) is 0 Å². The van der Waals surface area contributed by atoms with E-state index < -0.39 is 0 Å². The molecule has 4 nitrogen and oxygen atoms in total. The molecule has 0 bridgehead atoms. The molecule has 0 atom stereocenters. The van der Waals surface area contributed by atoms with E-state index in [2.05, 4.69) is 15.6 Å². The molecule has 1 aromatic carbocycles. The Kier molecular flexibility index (Phi) is 6.71. The lowest BCUT2D eigenvalue weighted by Gasteiger charge is -2.09. The maximum Gasteiger partial charge on any atom is 0.191 e. The van der Waals surface area contributed by atoms with Crippen LogP contribution in [0.2, 0.25) is 0 Å². The van der Waals surface area contributed by atoms with Crippen molar-refractivity contribution in [2.24, 2.45) is 4.99 Å². The van der Waals surface area contributed by atoms with Gasteiger partial charge in [0.05, 0.1) is 13.2 Å². The summed E-state index contributed by atoms with van der Waals surface area (Å²) in [6, 6.07) is 4.93. The van der Waals surface area contributed by atoms with Gasteiger partial charge in [-0.05, 0) is 38.5 Å². The molecule has 0 aliphatic carbocycles. The molecule has 2 N–H and O–H groups in total. The van der Waals surface area contributed by atoms with Gasteiger partial charge in [0.1, 0.15) is 0 Å². The van der Waals surface area contributed by atoms with E-state index in [0.717, 1.165) is 24.6 Å². The van der Waals surface area contributed by atoms with E-state index in [1.807, 2.05) is 26.8 Å². The fraction of sp³-hybridized carbons (Fsp3) is 0.500. The number of hydrogen-bond donors (Lipinski definition) is 2. The second kappa shape index (κ2) is 8.34. The maximum atomic E-state index is 13.7. The van der Waals surface area contributed by atoms with Gasteiger partial charge in [-0.25, -0.2) is 9.38 Å². The van der Waals surface area contributed by atoms with Crippen molar-refractivity contribution < 1.29 is 9.13 Å². The number of hydrogen-bond acceptors (Lipinski definition) is 2. The van der Waals surface area contributed by atoms with Crippen molar-refractivity contribution >= 4 is 5.96 Å². The minimum absolute atomic E-state index is 0.286. The molecule has 0 heterocycles. The first kappa shape index (κ1) is 15.3. The van der Waals surface area contributed by atoms with E-state index in [1.54, 1.807) is 6.07 Å². The third-order valence-corrected chi connectivity index (χ3v) is 2.40. The highest BCUT2D eigenvalue weighted by atomic mass is 19.1. The van der Waals surface area contributed by atoms with E-state index in [0.29, 0.717) is 13.2 Å². The third kappa shape index (κ3) is 5.16. The van der Waals surface area contributed by atoms with E-state index >= 15 is 0 Å². The zero-order valence-electron chi connectivity index (χ0n) is 11.8. The molecular formula is C14H22FN3O. The van der Waals surface area contributed by atoms with Gasteiger partial charge in [0.15, 0.2) is 17.5 Å². The minimum Gasteiger partial charge on any atom is -0.491 e. The van der Waals surface area contributed by atoms with Crippen molar-refractivity contribution in [3.05, 3.63) is 29.6 Å². The molecule has 1 rings (SSSR count). The van der Waals surface area contributed by atoms with Crippen molar-refractivity contribution in [1.29, 1.82) is 0 Å². The molecule has 0 amide bonds. The lowest BCUT2D eigenvalue weighted by atomic mass is 10.2. The second-order valence-corrected chi connectivity index (χ2v) is 3.92. The van der Waals surface area contributed by atoms with Crippen molar-refractivity contribution in [2.45, 2.75) is 27.3 Å². The van der Waals surface area contributed by atoms with Crippen molar-refractivity contribution in [2.75, 3.05) is 19.7 Å². The highest BCUT2D eigenvalue weighted by Crippen LogP contribution is 2.18. The van der Waals surface area contributed by atoms with Gasteiger partial charge in [-0.2, -0.15) is 0 Å². The minimum atomic E-state index is -0.344. The summed E-state index contributed by atoms with van der Waals surface area (Å²) in [5, 5.41) is 6.24. The first-order valence-corrected chi connectivity index (χ1v) is 6.64. The number of rotatable bonds is 6. The molecule has 19 heavy (non-hydrogen) atoms. The number of ether oxygens (including phenoxy) is 1. The van der Waals surface area contributed by atoms with E-state index in [9.17, 15) is 4.39 Å². The zero-order chi connectivity index (χ0) is 14.1. The van der Waals surface area contributed by atoms with Crippen LogP contribution in [0.15, 0.2) is 23.2 Å². The molecule has 0 fully saturated rings. The fourth-order valence-corrected chi connectivity index (χ4v) is 1.59. The summed E-state index contributed by atoms with van der Waals surface area (Å²) >= 11 is 0. The summed E-state index contributed by atoms with van der Waals surface area (Å²) in [6.07, 6.45) is 0. The van der Waals surface area contributed by atoms with Crippen molar-refractivity contribution in [3.8, 4) is 5.75 Å². The highest BCUT2D eigenvalue weighted by Gasteiger charge is 2.04. The second-order valence-electron chi connectivity index (χ2n) is 3.92. The quantitative estimate of drug-likeness (QED) is 0.614. The van der Waals surface area contributed by atoms with Crippen LogP contribution in [0, 0.1) is 5.82 Å². The van der Waals surface area contributed by atoms with Gasteiger partial charge >= 0.3 is 0 Å². The van der Waals surface area contributed by atoms with Gasteiger partial charge < -0.3 is 15.4 Å². The number of nitrogens with one attached hydrogen (secondary N) is 2. The lowest BCUT2D eigenvalue weighted by molar-refractivity contribution is 0.321. The Morgan fingerprint density at radius 2 is 1.89 bits per heavy atom. The van der Waals surface area contributed by atoms with Gasteiger partial charge in [-0.15, -0.1) is 0 Å². The molecule has 0 saturated carbocycles. The van der Waals surface area contributed by atoms with Gasteiger partial charge in [-0.3, -0.25) is 0 Å². The average Bonchev–Trinajstić information content (AvgIpc) is 2.39. The number of nitrogens with zero attached hydrogens (tertiary/aromatic N) is 1. The van der Waals surface area contributed by atoms with Crippen LogP contribution in [0.1, 0.15) is 26.3 Å². The van der Waals surface area contributed by atoms with Gasteiger partial charge in [0, 0.05) is 13.1 Å². The zero-order valence-corrected chi connectivity index (χ0v) is 11.8.